The molecule has 0 aromatic carbocycles. The summed E-state index contributed by atoms with van der Waals surface area (Å²) >= 11 is 0. The number of carboxylic acid groups (broad SMARTS) is 1. The number of nitrogens with zero attached hydrogens (tertiary/aromatic N) is 1. The van der Waals surface area contributed by atoms with Gasteiger partial charge in [0.05, 0.1) is 5.70 Å². The zero-order valence-corrected chi connectivity index (χ0v) is 27.3. The second-order valence-electron chi connectivity index (χ2n) is 12.4. The van der Waals surface area contributed by atoms with Crippen LogP contribution in [0.5, 0.6) is 0 Å². The van der Waals surface area contributed by atoms with Crippen molar-refractivity contribution >= 4 is 17.5 Å². The van der Waals surface area contributed by atoms with Crippen LogP contribution in [0.2, 0.25) is 0 Å². The van der Waals surface area contributed by atoms with Gasteiger partial charge < -0.3 is 10.0 Å². The van der Waals surface area contributed by atoms with Gasteiger partial charge in [-0.2, -0.15) is 0 Å². The third kappa shape index (κ3) is 14.6. The summed E-state index contributed by atoms with van der Waals surface area (Å²) in [5, 5.41) is 9.76. The van der Waals surface area contributed by atoms with Crippen molar-refractivity contribution in [3.8, 4) is 0 Å². The molecule has 1 heterocycles. The van der Waals surface area contributed by atoms with E-state index in [4.69, 9.17) is 0 Å². The Kier molecular flexibility index (Phi) is 19.3. The predicted molar refractivity (Wildman–Crippen MR) is 179 cm³/mol. The third-order valence-corrected chi connectivity index (χ3v) is 8.62. The van der Waals surface area contributed by atoms with Gasteiger partial charge in [0.1, 0.15) is 5.57 Å². The summed E-state index contributed by atoms with van der Waals surface area (Å²) in [5.74, 6) is -1.90. The van der Waals surface area contributed by atoms with Crippen LogP contribution < -0.4 is 0 Å². The number of unbranched alkanes of at least 4 members (excludes halogenated alkanes) is 19. The second kappa shape index (κ2) is 22.8. The molecule has 1 N–H and O–H groups in total. The first-order valence-electron chi connectivity index (χ1n) is 17.6. The van der Waals surface area contributed by atoms with Gasteiger partial charge in [0.25, 0.3) is 0 Å². The summed E-state index contributed by atoms with van der Waals surface area (Å²) in [5.41, 5.74) is 0.973. The number of carboxylic acids is 1. The molecular formula is C38H59NO4. The summed E-state index contributed by atoms with van der Waals surface area (Å²) in [6, 6.07) is 0. The Morgan fingerprint density at radius 3 is 1.65 bits per heavy atom. The zero-order chi connectivity index (χ0) is 31.1. The minimum atomic E-state index is -1.29. The normalized spacial score (nSPS) is 16.5. The van der Waals surface area contributed by atoms with Crippen LogP contribution in [0.1, 0.15) is 155 Å². The number of hydrogen-bond donors (Lipinski definition) is 1. The van der Waals surface area contributed by atoms with Crippen molar-refractivity contribution in [1.29, 1.82) is 0 Å². The number of rotatable bonds is 25. The molecule has 0 fully saturated rings. The highest BCUT2D eigenvalue weighted by atomic mass is 16.4. The highest BCUT2D eigenvalue weighted by Crippen LogP contribution is 2.28. The summed E-state index contributed by atoms with van der Waals surface area (Å²) < 4.78 is 0. The van der Waals surface area contributed by atoms with Crippen molar-refractivity contribution < 1.29 is 19.5 Å². The van der Waals surface area contributed by atoms with Crippen LogP contribution in [0.4, 0.5) is 0 Å². The van der Waals surface area contributed by atoms with Crippen molar-refractivity contribution in [2.75, 3.05) is 6.54 Å². The highest BCUT2D eigenvalue weighted by molar-refractivity contribution is 6.27. The number of carbonyl (C=O) groups excluding carboxylic acids is 2. The summed E-state index contributed by atoms with van der Waals surface area (Å²) in [4.78, 5) is 40.3. The second-order valence-corrected chi connectivity index (χ2v) is 12.4. The van der Waals surface area contributed by atoms with Crippen LogP contribution in [-0.4, -0.2) is 34.1 Å². The van der Waals surface area contributed by atoms with Gasteiger partial charge in [-0.25, -0.2) is 4.79 Å². The number of allylic oxidation sites excluding steroid dienone is 7. The smallest absolute Gasteiger partial charge is 0.339 e. The van der Waals surface area contributed by atoms with Gasteiger partial charge in [-0.15, -0.1) is 0 Å². The lowest BCUT2D eigenvalue weighted by molar-refractivity contribution is -0.134. The Balaban J connectivity index is 1.84. The van der Waals surface area contributed by atoms with E-state index in [1.807, 2.05) is 29.3 Å². The van der Waals surface area contributed by atoms with E-state index in [-0.39, 0.29) is 11.4 Å². The Bertz CT molecular complexity index is 1010. The standard InChI is InChI=1S/C38H59NO4/c1-3-5-7-9-11-12-13-14-15-16-17-19-21-24-28-39-29-25-23-26-35(39)33-30-32(31-34(37(33)41)38(42)43)36(40)27-22-20-18-10-8-6-4-2/h23,25-26,29-31H,3-22,24,27-28H2,1-2H3,(H,42,43)/b35-33+. The van der Waals surface area contributed by atoms with Crippen LogP contribution in [0.25, 0.3) is 0 Å². The average Bonchev–Trinajstić information content (AvgIpc) is 3.01. The molecule has 0 atom stereocenters. The predicted octanol–water partition coefficient (Wildman–Crippen LogP) is 10.3. The van der Waals surface area contributed by atoms with E-state index in [1.165, 1.54) is 109 Å². The van der Waals surface area contributed by atoms with Gasteiger partial charge in [-0.05, 0) is 37.1 Å². The lowest BCUT2D eigenvalue weighted by Crippen LogP contribution is -2.26. The fourth-order valence-electron chi connectivity index (χ4n) is 5.92. The van der Waals surface area contributed by atoms with Crippen LogP contribution in [0, 0.1) is 0 Å². The number of hydrogen-bond acceptors (Lipinski definition) is 4. The number of carbonyl (C=O) groups is 3. The maximum atomic E-state index is 13.2. The fraction of sp³-hybridized carbons (Fsp3) is 0.658. The highest BCUT2D eigenvalue weighted by Gasteiger charge is 2.29. The Morgan fingerprint density at radius 2 is 1.14 bits per heavy atom. The molecule has 240 valence electrons. The topological polar surface area (TPSA) is 74.7 Å². The molecule has 0 aromatic heterocycles. The minimum Gasteiger partial charge on any atom is -0.478 e. The van der Waals surface area contributed by atoms with Gasteiger partial charge in [0.15, 0.2) is 5.78 Å². The molecule has 5 heteroatoms. The van der Waals surface area contributed by atoms with E-state index in [1.54, 1.807) is 6.08 Å². The van der Waals surface area contributed by atoms with E-state index < -0.39 is 11.8 Å². The first-order valence-corrected chi connectivity index (χ1v) is 17.6. The quantitative estimate of drug-likeness (QED) is 0.0647. The Morgan fingerprint density at radius 1 is 0.651 bits per heavy atom. The van der Waals surface area contributed by atoms with Gasteiger partial charge in [-0.3, -0.25) is 9.59 Å². The molecule has 0 unspecified atom stereocenters. The van der Waals surface area contributed by atoms with Crippen LogP contribution >= 0.6 is 0 Å². The van der Waals surface area contributed by atoms with Crippen molar-refractivity contribution in [2.45, 2.75) is 155 Å². The van der Waals surface area contributed by atoms with Gasteiger partial charge in [-0.1, -0.05) is 142 Å². The molecular weight excluding hydrogens is 534 g/mol. The first-order chi connectivity index (χ1) is 21.0. The number of aliphatic carboxylic acids is 1. The largest absolute Gasteiger partial charge is 0.478 e. The lowest BCUT2D eigenvalue weighted by atomic mass is 9.88. The molecule has 0 saturated carbocycles. The van der Waals surface area contributed by atoms with Crippen molar-refractivity contribution in [2.24, 2.45) is 0 Å². The monoisotopic (exact) mass is 593 g/mol. The van der Waals surface area contributed by atoms with Crippen molar-refractivity contribution in [3.05, 3.63) is 59.0 Å². The number of Topliss-reactive ketones (excluding diaryl/α,β-unsaturated/α-hetero) is 2. The molecule has 1 aliphatic heterocycles. The molecule has 0 spiro atoms. The lowest BCUT2D eigenvalue weighted by Gasteiger charge is -2.27. The van der Waals surface area contributed by atoms with Crippen molar-refractivity contribution in [3.63, 3.8) is 0 Å². The van der Waals surface area contributed by atoms with E-state index in [0.29, 0.717) is 23.3 Å². The van der Waals surface area contributed by atoms with Gasteiger partial charge in [0, 0.05) is 30.3 Å². The maximum Gasteiger partial charge on any atom is 0.339 e. The van der Waals surface area contributed by atoms with E-state index in [9.17, 15) is 19.5 Å². The number of ketones is 2. The van der Waals surface area contributed by atoms with E-state index >= 15 is 0 Å². The van der Waals surface area contributed by atoms with Crippen LogP contribution in [0.3, 0.4) is 0 Å². The molecule has 0 saturated heterocycles. The zero-order valence-electron chi connectivity index (χ0n) is 27.3. The molecule has 0 radical (unpaired) electrons. The average molecular weight is 594 g/mol. The molecule has 0 amide bonds. The SMILES string of the molecule is CCCCCCCCCCCCCCCCN1C=CC=C/C1=C1/C=C(C(=O)CCCCCCCCC)C=C(C(=O)O)C1=O. The molecule has 0 bridgehead atoms. The van der Waals surface area contributed by atoms with Crippen LogP contribution in [-0.2, 0) is 14.4 Å². The molecule has 2 aliphatic rings. The molecule has 1 aliphatic carbocycles. The fourth-order valence-corrected chi connectivity index (χ4v) is 5.92. The van der Waals surface area contributed by atoms with E-state index in [0.717, 1.165) is 38.6 Å². The Hall–Kier alpha value is -2.69. The van der Waals surface area contributed by atoms with Gasteiger partial charge in [0.2, 0.25) is 5.78 Å². The van der Waals surface area contributed by atoms with Crippen molar-refractivity contribution in [1.82, 2.24) is 4.90 Å². The molecule has 0 aromatic rings. The van der Waals surface area contributed by atoms with E-state index in [2.05, 4.69) is 13.8 Å². The summed E-state index contributed by atoms with van der Waals surface area (Å²) in [7, 11) is 0. The minimum absolute atomic E-state index is 0.0910. The maximum absolute atomic E-state index is 13.2. The molecule has 5 nitrogen and oxygen atoms in total. The third-order valence-electron chi connectivity index (χ3n) is 8.62. The summed E-state index contributed by atoms with van der Waals surface area (Å²) in [6.07, 6.45) is 36.9. The van der Waals surface area contributed by atoms with Crippen LogP contribution in [0.15, 0.2) is 59.0 Å². The van der Waals surface area contributed by atoms with Gasteiger partial charge >= 0.3 is 5.97 Å². The molecule has 2 rings (SSSR count). The first kappa shape index (κ1) is 36.5. The Labute approximate surface area is 262 Å². The summed E-state index contributed by atoms with van der Waals surface area (Å²) in [6.45, 7) is 5.22. The molecule has 43 heavy (non-hydrogen) atoms.